The van der Waals surface area contributed by atoms with Gasteiger partial charge in [0.25, 0.3) is 10.1 Å². The van der Waals surface area contributed by atoms with Crippen molar-refractivity contribution in [3.63, 3.8) is 0 Å². The molecule has 0 amide bonds. The number of nitrogens with zero attached hydrogens (tertiary/aromatic N) is 3. The van der Waals surface area contributed by atoms with Crippen LogP contribution < -0.4 is 0 Å². The third kappa shape index (κ3) is 2.85. The fourth-order valence-electron chi connectivity index (χ4n) is 2.34. The maximum absolute atomic E-state index is 11.6. The van der Waals surface area contributed by atoms with E-state index in [1.165, 1.54) is 10.9 Å². The van der Waals surface area contributed by atoms with Gasteiger partial charge >= 0.3 is 0 Å². The highest BCUT2D eigenvalue weighted by atomic mass is 32.2. The predicted octanol–water partition coefficient (Wildman–Crippen LogP) is 2.67. The number of benzene rings is 2. The maximum Gasteiger partial charge on any atom is 0.298 e. The molecule has 0 bridgehead atoms. The van der Waals surface area contributed by atoms with Gasteiger partial charge in [-0.15, -0.1) is 15.0 Å². The zero-order valence-electron chi connectivity index (χ0n) is 13.4. The number of fused-ring (bicyclic) bond motifs is 1. The summed E-state index contributed by atoms with van der Waals surface area (Å²) in [6.07, 6.45) is 0. The summed E-state index contributed by atoms with van der Waals surface area (Å²) in [5.74, 6) is -0.592. The van der Waals surface area contributed by atoms with E-state index in [4.69, 9.17) is 0 Å². The summed E-state index contributed by atoms with van der Waals surface area (Å²) >= 11 is 0. The molecule has 1 aromatic heterocycles. The van der Waals surface area contributed by atoms with Crippen molar-refractivity contribution in [2.75, 3.05) is 0 Å². The summed E-state index contributed by atoms with van der Waals surface area (Å²) in [5.41, 5.74) is 1.50. The molecule has 7 nitrogen and oxygen atoms in total. The molecule has 0 saturated heterocycles. The standard InChI is InChI=1S/C16H17N3O4S/c1-16(2,3)10-8-13(15(20)14(9-10)24(21,22)23)19-17-11-6-4-5-7-12(11)18-19/h4-9,20H,1-3H3,(H,21,22,23). The van der Waals surface area contributed by atoms with Crippen LogP contribution in [0.5, 0.6) is 5.75 Å². The van der Waals surface area contributed by atoms with E-state index in [1.807, 2.05) is 20.8 Å². The molecule has 2 aromatic carbocycles. The molecule has 0 fully saturated rings. The zero-order chi connectivity index (χ0) is 17.7. The fourth-order valence-corrected chi connectivity index (χ4v) is 2.97. The van der Waals surface area contributed by atoms with Crippen molar-refractivity contribution >= 4 is 21.2 Å². The van der Waals surface area contributed by atoms with Crippen LogP contribution in [0.4, 0.5) is 0 Å². The van der Waals surface area contributed by atoms with E-state index in [1.54, 1.807) is 30.3 Å². The predicted molar refractivity (Wildman–Crippen MR) is 89.0 cm³/mol. The van der Waals surface area contributed by atoms with E-state index < -0.39 is 26.2 Å². The first-order chi connectivity index (χ1) is 11.1. The van der Waals surface area contributed by atoms with Crippen LogP contribution in [0.25, 0.3) is 16.7 Å². The Balaban J connectivity index is 2.34. The number of phenols is 1. The Morgan fingerprint density at radius 1 is 1.04 bits per heavy atom. The van der Waals surface area contributed by atoms with Crippen LogP contribution in [0.15, 0.2) is 41.3 Å². The third-order valence-corrected chi connectivity index (χ3v) is 4.57. The highest BCUT2D eigenvalue weighted by molar-refractivity contribution is 7.86. The zero-order valence-corrected chi connectivity index (χ0v) is 14.2. The van der Waals surface area contributed by atoms with Gasteiger partial charge in [0.15, 0.2) is 5.75 Å². The van der Waals surface area contributed by atoms with E-state index in [0.29, 0.717) is 16.6 Å². The quantitative estimate of drug-likeness (QED) is 0.691. The van der Waals surface area contributed by atoms with Gasteiger partial charge in [-0.25, -0.2) is 0 Å². The average Bonchev–Trinajstić information content (AvgIpc) is 2.88. The lowest BCUT2D eigenvalue weighted by Gasteiger charge is -2.21. The van der Waals surface area contributed by atoms with Crippen molar-refractivity contribution in [3.8, 4) is 11.4 Å². The molecule has 0 aliphatic rings. The van der Waals surface area contributed by atoms with Crippen molar-refractivity contribution in [2.24, 2.45) is 0 Å². The molecule has 0 unspecified atom stereocenters. The van der Waals surface area contributed by atoms with Crippen LogP contribution in [-0.2, 0) is 15.5 Å². The molecule has 0 radical (unpaired) electrons. The monoisotopic (exact) mass is 347 g/mol. The first kappa shape index (κ1) is 16.4. The van der Waals surface area contributed by atoms with Gasteiger partial charge in [-0.3, -0.25) is 4.55 Å². The Kier molecular flexibility index (Phi) is 3.61. The first-order valence-electron chi connectivity index (χ1n) is 7.25. The van der Waals surface area contributed by atoms with Gasteiger partial charge in [0.1, 0.15) is 21.6 Å². The highest BCUT2D eigenvalue weighted by Crippen LogP contribution is 2.35. The third-order valence-electron chi connectivity index (χ3n) is 3.70. The minimum absolute atomic E-state index is 0.0891. The van der Waals surface area contributed by atoms with Gasteiger partial charge in [-0.1, -0.05) is 32.9 Å². The molecule has 24 heavy (non-hydrogen) atoms. The molecule has 0 saturated carbocycles. The lowest BCUT2D eigenvalue weighted by atomic mass is 9.87. The second-order valence-electron chi connectivity index (χ2n) is 6.55. The first-order valence-corrected chi connectivity index (χ1v) is 8.69. The molecule has 1 heterocycles. The molecule has 0 spiro atoms. The number of rotatable bonds is 2. The van der Waals surface area contributed by atoms with Crippen LogP contribution >= 0.6 is 0 Å². The van der Waals surface area contributed by atoms with Crippen molar-refractivity contribution in [1.82, 2.24) is 15.0 Å². The van der Waals surface area contributed by atoms with Crippen LogP contribution in [0.1, 0.15) is 26.3 Å². The van der Waals surface area contributed by atoms with E-state index in [0.717, 1.165) is 0 Å². The maximum atomic E-state index is 11.6. The molecule has 0 aliphatic heterocycles. The topological polar surface area (TPSA) is 105 Å². The molecule has 0 atom stereocenters. The Bertz CT molecular complexity index is 1000. The van der Waals surface area contributed by atoms with E-state index >= 15 is 0 Å². The summed E-state index contributed by atoms with van der Waals surface area (Å²) in [5, 5.41) is 18.9. The lowest BCUT2D eigenvalue weighted by molar-refractivity contribution is 0.436. The van der Waals surface area contributed by atoms with Gasteiger partial charge in [0.05, 0.1) is 0 Å². The second-order valence-corrected chi connectivity index (χ2v) is 7.94. The van der Waals surface area contributed by atoms with E-state index in [9.17, 15) is 18.1 Å². The number of hydrogen-bond donors (Lipinski definition) is 2. The fraction of sp³-hybridized carbons (Fsp3) is 0.250. The molecule has 3 aromatic rings. The normalized spacial score (nSPS) is 12.7. The molecule has 8 heteroatoms. The highest BCUT2D eigenvalue weighted by Gasteiger charge is 2.26. The van der Waals surface area contributed by atoms with Crippen molar-refractivity contribution < 1.29 is 18.1 Å². The number of hydrogen-bond acceptors (Lipinski definition) is 5. The van der Waals surface area contributed by atoms with E-state index in [2.05, 4.69) is 10.2 Å². The molecular weight excluding hydrogens is 330 g/mol. The molecule has 2 N–H and O–H groups in total. The number of aromatic hydroxyl groups is 1. The summed E-state index contributed by atoms with van der Waals surface area (Å²) in [6.45, 7) is 5.68. The van der Waals surface area contributed by atoms with Crippen molar-refractivity contribution in [2.45, 2.75) is 31.1 Å². The van der Waals surface area contributed by atoms with Crippen LogP contribution in [0.3, 0.4) is 0 Å². The Morgan fingerprint density at radius 2 is 1.58 bits per heavy atom. The molecular formula is C16H17N3O4S. The largest absolute Gasteiger partial charge is 0.504 e. The summed E-state index contributed by atoms with van der Waals surface area (Å²) in [4.78, 5) is 0.607. The smallest absolute Gasteiger partial charge is 0.298 e. The second kappa shape index (κ2) is 5.29. The van der Waals surface area contributed by atoms with Crippen LogP contribution in [0.2, 0.25) is 0 Å². The molecule has 126 valence electrons. The van der Waals surface area contributed by atoms with Crippen molar-refractivity contribution in [3.05, 3.63) is 42.0 Å². The van der Waals surface area contributed by atoms with Gasteiger partial charge in [-0.2, -0.15) is 8.42 Å². The van der Waals surface area contributed by atoms with Gasteiger partial charge in [0.2, 0.25) is 0 Å². The Morgan fingerprint density at radius 3 is 2.04 bits per heavy atom. The van der Waals surface area contributed by atoms with Crippen molar-refractivity contribution in [1.29, 1.82) is 0 Å². The summed E-state index contributed by atoms with van der Waals surface area (Å²) in [7, 11) is -4.60. The molecule has 3 rings (SSSR count). The SMILES string of the molecule is CC(C)(C)c1cc(-n2nc3ccccc3n2)c(O)c(S(=O)(=O)O)c1. The minimum atomic E-state index is -4.60. The van der Waals surface area contributed by atoms with Gasteiger partial charge in [0, 0.05) is 0 Å². The summed E-state index contributed by atoms with van der Waals surface area (Å²) in [6, 6.07) is 9.99. The Labute approximate surface area is 139 Å². The minimum Gasteiger partial charge on any atom is -0.504 e. The van der Waals surface area contributed by atoms with Crippen LogP contribution in [0, 0.1) is 0 Å². The van der Waals surface area contributed by atoms with Gasteiger partial charge < -0.3 is 5.11 Å². The van der Waals surface area contributed by atoms with Crippen LogP contribution in [-0.4, -0.2) is 33.1 Å². The lowest BCUT2D eigenvalue weighted by Crippen LogP contribution is -2.14. The van der Waals surface area contributed by atoms with E-state index in [-0.39, 0.29) is 5.69 Å². The Hall–Kier alpha value is -2.45. The number of phenolic OH excluding ortho intramolecular Hbond substituents is 1. The number of aromatic nitrogens is 3. The summed E-state index contributed by atoms with van der Waals surface area (Å²) < 4.78 is 32.7. The van der Waals surface area contributed by atoms with Gasteiger partial charge in [-0.05, 0) is 35.2 Å². The molecule has 0 aliphatic carbocycles. The average molecular weight is 347 g/mol.